The fourth-order valence-corrected chi connectivity index (χ4v) is 2.66. The Kier molecular flexibility index (Phi) is 5.33. The van der Waals surface area contributed by atoms with Gasteiger partial charge in [0.05, 0.1) is 6.54 Å². The van der Waals surface area contributed by atoms with Crippen LogP contribution in [0.1, 0.15) is 35.1 Å². The topological polar surface area (TPSA) is 91.6 Å². The zero-order valence-corrected chi connectivity index (χ0v) is 15.2. The first kappa shape index (κ1) is 18.7. The fraction of sp³-hybridized carbons (Fsp3) is 0.368. The summed E-state index contributed by atoms with van der Waals surface area (Å²) in [5.41, 5.74) is 1.76. The zero-order valence-electron chi connectivity index (χ0n) is 15.2. The number of aryl methyl sites for hydroxylation is 3. The van der Waals surface area contributed by atoms with Crippen LogP contribution in [-0.2, 0) is 15.2 Å². The zero-order chi connectivity index (χ0) is 18.8. The van der Waals surface area contributed by atoms with Gasteiger partial charge in [-0.15, -0.1) is 0 Å². The van der Waals surface area contributed by atoms with E-state index in [-0.39, 0.29) is 6.54 Å². The van der Waals surface area contributed by atoms with E-state index in [1.807, 2.05) is 26.0 Å². The van der Waals surface area contributed by atoms with Gasteiger partial charge in [-0.25, -0.2) is 0 Å². The second-order valence-electron chi connectivity index (χ2n) is 6.49. The Hall–Kier alpha value is -2.60. The lowest BCUT2D eigenvalue weighted by atomic mass is 9.96. The molecule has 0 aliphatic rings. The van der Waals surface area contributed by atoms with Gasteiger partial charge in [0.2, 0.25) is 0 Å². The molecule has 1 heterocycles. The van der Waals surface area contributed by atoms with Crippen molar-refractivity contribution < 1.29 is 19.1 Å². The number of hydrogen-bond donors (Lipinski definition) is 3. The molecule has 0 bridgehead atoms. The molecule has 1 unspecified atom stereocenters. The molecular weight excluding hydrogens is 320 g/mol. The first-order valence-electron chi connectivity index (χ1n) is 8.07. The van der Waals surface area contributed by atoms with Crippen molar-refractivity contribution in [3.63, 3.8) is 0 Å². The average Bonchev–Trinajstić information content (AvgIpc) is 2.89. The summed E-state index contributed by atoms with van der Waals surface area (Å²) in [6, 6.07) is 7.20. The molecule has 25 heavy (non-hydrogen) atoms. The summed E-state index contributed by atoms with van der Waals surface area (Å²) < 4.78 is 5.41. The monoisotopic (exact) mass is 344 g/mol. The van der Waals surface area contributed by atoms with Crippen molar-refractivity contribution in [1.82, 2.24) is 5.32 Å². The van der Waals surface area contributed by atoms with E-state index in [0.29, 0.717) is 22.8 Å². The fourth-order valence-electron chi connectivity index (χ4n) is 2.66. The predicted octanol–water partition coefficient (Wildman–Crippen LogP) is 2.48. The van der Waals surface area contributed by atoms with Crippen molar-refractivity contribution in [2.75, 3.05) is 11.9 Å². The average molecular weight is 344 g/mol. The van der Waals surface area contributed by atoms with E-state index in [9.17, 15) is 14.7 Å². The number of hydrogen-bond acceptors (Lipinski definition) is 4. The molecule has 0 aliphatic heterocycles. The predicted molar refractivity (Wildman–Crippen MR) is 95.3 cm³/mol. The number of carbonyl (C=O) groups is 2. The van der Waals surface area contributed by atoms with E-state index in [1.54, 1.807) is 32.9 Å². The molecule has 6 heteroatoms. The molecular formula is C19H24N2O4. The Morgan fingerprint density at radius 1 is 1.16 bits per heavy atom. The van der Waals surface area contributed by atoms with Crippen molar-refractivity contribution in [2.24, 2.45) is 0 Å². The molecule has 0 fully saturated rings. The lowest BCUT2D eigenvalue weighted by Gasteiger charge is -2.23. The number of furan rings is 1. The number of rotatable bonds is 4. The molecule has 2 amide bonds. The van der Waals surface area contributed by atoms with E-state index in [1.165, 1.54) is 0 Å². The smallest absolute Gasteiger partial charge is 0.313 e. The standard InChI is InChI=1S/C19H24N2O4/c1-11-7-6-8-16(13(11)3)21-18(23)17(22)20-10-19(5,24)15-9-12(2)25-14(15)4/h6-9,24H,10H2,1-5H3,(H,20,22)(H,21,23). The number of aliphatic hydroxyl groups is 1. The van der Waals surface area contributed by atoms with E-state index in [2.05, 4.69) is 10.6 Å². The normalized spacial score (nSPS) is 13.2. The summed E-state index contributed by atoms with van der Waals surface area (Å²) in [6.07, 6.45) is 0. The van der Waals surface area contributed by atoms with Crippen LogP contribution in [0.2, 0.25) is 0 Å². The lowest BCUT2D eigenvalue weighted by molar-refractivity contribution is -0.136. The Morgan fingerprint density at radius 2 is 1.84 bits per heavy atom. The van der Waals surface area contributed by atoms with Crippen LogP contribution in [0.25, 0.3) is 0 Å². The summed E-state index contributed by atoms with van der Waals surface area (Å²) in [5.74, 6) is -0.327. The van der Waals surface area contributed by atoms with Crippen LogP contribution >= 0.6 is 0 Å². The summed E-state index contributed by atoms with van der Waals surface area (Å²) in [6.45, 7) is 8.78. The number of amides is 2. The van der Waals surface area contributed by atoms with Gasteiger partial charge in [-0.05, 0) is 57.9 Å². The van der Waals surface area contributed by atoms with E-state index < -0.39 is 17.4 Å². The maximum atomic E-state index is 12.1. The summed E-state index contributed by atoms with van der Waals surface area (Å²) >= 11 is 0. The Labute approximate surface area is 147 Å². The minimum atomic E-state index is -1.34. The molecule has 0 saturated carbocycles. The minimum absolute atomic E-state index is 0.105. The van der Waals surface area contributed by atoms with Crippen LogP contribution in [0.4, 0.5) is 5.69 Å². The molecule has 6 nitrogen and oxygen atoms in total. The SMILES string of the molecule is Cc1cc(C(C)(O)CNC(=O)C(=O)Nc2cccc(C)c2C)c(C)o1. The van der Waals surface area contributed by atoms with E-state index in [0.717, 1.165) is 11.1 Å². The molecule has 1 aromatic heterocycles. The van der Waals surface area contributed by atoms with Crippen molar-refractivity contribution in [3.8, 4) is 0 Å². The summed E-state index contributed by atoms with van der Waals surface area (Å²) in [4.78, 5) is 24.1. The second-order valence-corrected chi connectivity index (χ2v) is 6.49. The largest absolute Gasteiger partial charge is 0.466 e. The number of benzene rings is 1. The Bertz CT molecular complexity index is 806. The molecule has 0 aliphatic carbocycles. The number of carbonyl (C=O) groups excluding carboxylic acids is 2. The van der Waals surface area contributed by atoms with E-state index >= 15 is 0 Å². The molecule has 134 valence electrons. The molecule has 3 N–H and O–H groups in total. The molecule has 0 radical (unpaired) electrons. The first-order chi connectivity index (χ1) is 11.6. The van der Waals surface area contributed by atoms with Gasteiger partial charge in [0.25, 0.3) is 0 Å². The van der Waals surface area contributed by atoms with Gasteiger partial charge >= 0.3 is 11.8 Å². The van der Waals surface area contributed by atoms with Crippen LogP contribution in [0.5, 0.6) is 0 Å². The number of anilines is 1. The highest BCUT2D eigenvalue weighted by molar-refractivity contribution is 6.39. The van der Waals surface area contributed by atoms with Crippen molar-refractivity contribution in [2.45, 2.75) is 40.2 Å². The highest BCUT2D eigenvalue weighted by Crippen LogP contribution is 2.26. The summed E-state index contributed by atoms with van der Waals surface area (Å²) in [7, 11) is 0. The quantitative estimate of drug-likeness (QED) is 0.743. The number of nitrogens with one attached hydrogen (secondary N) is 2. The van der Waals surface area contributed by atoms with Gasteiger partial charge in [0.15, 0.2) is 0 Å². The van der Waals surface area contributed by atoms with Gasteiger partial charge in [-0.1, -0.05) is 12.1 Å². The second kappa shape index (κ2) is 7.11. The van der Waals surface area contributed by atoms with Gasteiger partial charge in [0, 0.05) is 11.3 Å². The molecule has 0 saturated heterocycles. The molecule has 0 spiro atoms. The van der Waals surface area contributed by atoms with Crippen molar-refractivity contribution >= 4 is 17.5 Å². The Morgan fingerprint density at radius 3 is 2.44 bits per heavy atom. The highest BCUT2D eigenvalue weighted by Gasteiger charge is 2.29. The third-order valence-corrected chi connectivity index (χ3v) is 4.27. The third-order valence-electron chi connectivity index (χ3n) is 4.27. The van der Waals surface area contributed by atoms with Crippen LogP contribution in [0.15, 0.2) is 28.7 Å². The highest BCUT2D eigenvalue weighted by atomic mass is 16.3. The molecule has 2 rings (SSSR count). The minimum Gasteiger partial charge on any atom is -0.466 e. The van der Waals surface area contributed by atoms with Crippen molar-refractivity contribution in [3.05, 3.63) is 52.5 Å². The van der Waals surface area contributed by atoms with Gasteiger partial charge in [0.1, 0.15) is 17.1 Å². The van der Waals surface area contributed by atoms with Gasteiger partial charge < -0.3 is 20.2 Å². The van der Waals surface area contributed by atoms with Gasteiger partial charge in [-0.3, -0.25) is 9.59 Å². The lowest BCUT2D eigenvalue weighted by Crippen LogP contribution is -2.43. The van der Waals surface area contributed by atoms with Crippen LogP contribution in [-0.4, -0.2) is 23.5 Å². The maximum Gasteiger partial charge on any atom is 0.313 e. The molecule has 1 aromatic carbocycles. The van der Waals surface area contributed by atoms with E-state index in [4.69, 9.17) is 4.42 Å². The maximum absolute atomic E-state index is 12.1. The molecule has 2 aromatic rings. The first-order valence-corrected chi connectivity index (χ1v) is 8.07. The van der Waals surface area contributed by atoms with Gasteiger partial charge in [-0.2, -0.15) is 0 Å². The van der Waals surface area contributed by atoms with Crippen LogP contribution < -0.4 is 10.6 Å². The summed E-state index contributed by atoms with van der Waals surface area (Å²) in [5, 5.41) is 15.6. The van der Waals surface area contributed by atoms with Crippen LogP contribution in [0.3, 0.4) is 0 Å². The third kappa shape index (κ3) is 4.28. The van der Waals surface area contributed by atoms with Crippen LogP contribution in [0, 0.1) is 27.7 Å². The Balaban J connectivity index is 2.00. The van der Waals surface area contributed by atoms with Crippen molar-refractivity contribution in [1.29, 1.82) is 0 Å². The molecule has 1 atom stereocenters.